The zero-order valence-electron chi connectivity index (χ0n) is 10.8. The summed E-state index contributed by atoms with van der Waals surface area (Å²) in [4.78, 5) is 11.5. The first-order valence-corrected chi connectivity index (χ1v) is 6.67. The quantitative estimate of drug-likeness (QED) is 0.674. The van der Waals surface area contributed by atoms with Crippen LogP contribution in [0.2, 0.25) is 0 Å². The third-order valence-electron chi connectivity index (χ3n) is 2.39. The molecule has 0 radical (unpaired) electrons. The Kier molecular flexibility index (Phi) is 4.95. The molecule has 1 aromatic carbocycles. The van der Waals surface area contributed by atoms with Crippen LogP contribution in [0.25, 0.3) is 0 Å². The number of rotatable bonds is 5. The van der Waals surface area contributed by atoms with Gasteiger partial charge in [-0.3, -0.25) is 4.79 Å². The predicted octanol–water partition coefficient (Wildman–Crippen LogP) is 2.88. The molecular formula is C14H13BrN2O3. The van der Waals surface area contributed by atoms with Crippen molar-refractivity contribution in [3.05, 3.63) is 52.4 Å². The van der Waals surface area contributed by atoms with Gasteiger partial charge in [0.05, 0.1) is 23.2 Å². The number of nitrogens with zero attached hydrogens (tertiary/aromatic N) is 1. The Balaban J connectivity index is 1.80. The van der Waals surface area contributed by atoms with Gasteiger partial charge in [-0.15, -0.1) is 0 Å². The molecule has 1 aromatic heterocycles. The van der Waals surface area contributed by atoms with Crippen LogP contribution in [-0.4, -0.2) is 18.7 Å². The summed E-state index contributed by atoms with van der Waals surface area (Å²) in [6.45, 7) is 1.87. The summed E-state index contributed by atoms with van der Waals surface area (Å²) in [5, 5.41) is 3.79. The third-order valence-corrected chi connectivity index (χ3v) is 3.01. The zero-order chi connectivity index (χ0) is 14.4. The van der Waals surface area contributed by atoms with E-state index in [0.717, 1.165) is 15.6 Å². The zero-order valence-corrected chi connectivity index (χ0v) is 12.4. The highest BCUT2D eigenvalue weighted by molar-refractivity contribution is 9.10. The third kappa shape index (κ3) is 4.24. The fourth-order valence-corrected chi connectivity index (χ4v) is 2.03. The van der Waals surface area contributed by atoms with Gasteiger partial charge in [0.25, 0.3) is 5.91 Å². The van der Waals surface area contributed by atoms with Crippen molar-refractivity contribution in [2.24, 2.45) is 5.10 Å². The van der Waals surface area contributed by atoms with Gasteiger partial charge in [-0.1, -0.05) is 6.07 Å². The number of aryl methyl sites for hydroxylation is 1. The van der Waals surface area contributed by atoms with Crippen LogP contribution in [-0.2, 0) is 4.79 Å². The highest BCUT2D eigenvalue weighted by atomic mass is 79.9. The molecule has 0 fully saturated rings. The van der Waals surface area contributed by atoms with Gasteiger partial charge in [-0.05, 0) is 46.6 Å². The van der Waals surface area contributed by atoms with Crippen LogP contribution in [0.1, 0.15) is 11.1 Å². The number of hydrazone groups is 1. The first-order valence-electron chi connectivity index (χ1n) is 5.88. The number of carbonyl (C=O) groups is 1. The monoisotopic (exact) mass is 336 g/mol. The largest absolute Gasteiger partial charge is 0.483 e. The summed E-state index contributed by atoms with van der Waals surface area (Å²) in [6.07, 6.45) is 4.54. The number of ether oxygens (including phenoxy) is 1. The number of amides is 1. The van der Waals surface area contributed by atoms with E-state index in [1.54, 1.807) is 12.1 Å². The van der Waals surface area contributed by atoms with Crippen LogP contribution in [0.15, 0.2) is 50.8 Å². The van der Waals surface area contributed by atoms with E-state index < -0.39 is 0 Å². The summed E-state index contributed by atoms with van der Waals surface area (Å²) in [5.41, 5.74) is 4.25. The molecule has 0 aliphatic heterocycles. The molecule has 2 rings (SSSR count). The molecule has 104 valence electrons. The minimum Gasteiger partial charge on any atom is -0.483 e. The Morgan fingerprint density at radius 1 is 1.50 bits per heavy atom. The van der Waals surface area contributed by atoms with E-state index in [4.69, 9.17) is 9.15 Å². The summed E-state index contributed by atoms with van der Waals surface area (Å²) < 4.78 is 11.1. The number of nitrogens with one attached hydrogen (secondary N) is 1. The standard InChI is InChI=1S/C14H13BrN2O3/c1-10-2-3-13(12(15)6-10)20-9-14(18)17-16-7-11-4-5-19-8-11/h2-8H,9H2,1H3,(H,17,18)/b16-7+. The van der Waals surface area contributed by atoms with Crippen LogP contribution in [0.4, 0.5) is 0 Å². The van der Waals surface area contributed by atoms with Gasteiger partial charge in [0.1, 0.15) is 5.75 Å². The van der Waals surface area contributed by atoms with Gasteiger partial charge < -0.3 is 9.15 Å². The van der Waals surface area contributed by atoms with Gasteiger partial charge in [0.15, 0.2) is 6.61 Å². The highest BCUT2D eigenvalue weighted by Gasteiger charge is 2.04. The van der Waals surface area contributed by atoms with Crippen LogP contribution in [0.3, 0.4) is 0 Å². The van der Waals surface area contributed by atoms with Crippen molar-refractivity contribution in [2.75, 3.05) is 6.61 Å². The van der Waals surface area contributed by atoms with Crippen molar-refractivity contribution in [3.8, 4) is 5.75 Å². The molecule has 1 amide bonds. The number of hydrogen-bond donors (Lipinski definition) is 1. The van der Waals surface area contributed by atoms with Crippen molar-refractivity contribution >= 4 is 28.1 Å². The predicted molar refractivity (Wildman–Crippen MR) is 78.8 cm³/mol. The fourth-order valence-electron chi connectivity index (χ4n) is 1.43. The molecule has 20 heavy (non-hydrogen) atoms. The molecule has 1 heterocycles. The van der Waals surface area contributed by atoms with Gasteiger partial charge in [0.2, 0.25) is 0 Å². The van der Waals surface area contributed by atoms with E-state index in [2.05, 4.69) is 26.5 Å². The second kappa shape index (κ2) is 6.91. The van der Waals surface area contributed by atoms with Gasteiger partial charge in [0, 0.05) is 5.56 Å². The Morgan fingerprint density at radius 3 is 3.05 bits per heavy atom. The van der Waals surface area contributed by atoms with Gasteiger partial charge in [-0.2, -0.15) is 5.10 Å². The maximum absolute atomic E-state index is 11.5. The Morgan fingerprint density at radius 2 is 2.35 bits per heavy atom. The van der Waals surface area contributed by atoms with E-state index >= 15 is 0 Å². The Labute approximate surface area is 124 Å². The topological polar surface area (TPSA) is 63.8 Å². The molecule has 2 aromatic rings. The van der Waals surface area contributed by atoms with Crippen LogP contribution in [0, 0.1) is 6.92 Å². The Bertz CT molecular complexity index is 609. The molecule has 0 saturated carbocycles. The van der Waals surface area contributed by atoms with Crippen LogP contribution < -0.4 is 10.2 Å². The van der Waals surface area contributed by atoms with Crippen molar-refractivity contribution < 1.29 is 13.9 Å². The maximum Gasteiger partial charge on any atom is 0.277 e. The average molecular weight is 337 g/mol. The summed E-state index contributed by atoms with van der Waals surface area (Å²) >= 11 is 3.38. The summed E-state index contributed by atoms with van der Waals surface area (Å²) in [6, 6.07) is 7.37. The highest BCUT2D eigenvalue weighted by Crippen LogP contribution is 2.25. The molecule has 5 nitrogen and oxygen atoms in total. The smallest absolute Gasteiger partial charge is 0.277 e. The number of hydrogen-bond acceptors (Lipinski definition) is 4. The molecule has 0 aliphatic carbocycles. The number of furan rings is 1. The molecule has 0 aliphatic rings. The lowest BCUT2D eigenvalue weighted by Crippen LogP contribution is -2.24. The number of benzene rings is 1. The summed E-state index contributed by atoms with van der Waals surface area (Å²) in [7, 11) is 0. The fraction of sp³-hybridized carbons (Fsp3) is 0.143. The molecule has 0 bridgehead atoms. The van der Waals surface area contributed by atoms with Crippen molar-refractivity contribution in [1.29, 1.82) is 0 Å². The lowest BCUT2D eigenvalue weighted by Gasteiger charge is -2.07. The average Bonchev–Trinajstić information content (AvgIpc) is 2.91. The number of halogens is 1. The van der Waals surface area contributed by atoms with Gasteiger partial charge in [-0.25, -0.2) is 5.43 Å². The maximum atomic E-state index is 11.5. The van der Waals surface area contributed by atoms with Crippen LogP contribution in [0.5, 0.6) is 5.75 Å². The lowest BCUT2D eigenvalue weighted by molar-refractivity contribution is -0.123. The van der Waals surface area contributed by atoms with Crippen molar-refractivity contribution in [1.82, 2.24) is 5.43 Å². The van der Waals surface area contributed by atoms with E-state index in [-0.39, 0.29) is 12.5 Å². The van der Waals surface area contributed by atoms with E-state index in [1.165, 1.54) is 18.7 Å². The molecular weight excluding hydrogens is 324 g/mol. The molecule has 6 heteroatoms. The van der Waals surface area contributed by atoms with E-state index in [1.807, 2.05) is 19.1 Å². The molecule has 1 N–H and O–H groups in total. The number of carbonyl (C=O) groups excluding carboxylic acids is 1. The first kappa shape index (κ1) is 14.3. The molecule has 0 unspecified atom stereocenters. The Hall–Kier alpha value is -2.08. The molecule has 0 saturated heterocycles. The van der Waals surface area contributed by atoms with E-state index in [0.29, 0.717) is 5.75 Å². The van der Waals surface area contributed by atoms with Crippen molar-refractivity contribution in [2.45, 2.75) is 6.92 Å². The minimum absolute atomic E-state index is 0.107. The SMILES string of the molecule is Cc1ccc(OCC(=O)N/N=C/c2ccoc2)c(Br)c1. The summed E-state index contributed by atoms with van der Waals surface area (Å²) in [5.74, 6) is 0.279. The lowest BCUT2D eigenvalue weighted by atomic mass is 10.2. The minimum atomic E-state index is -0.336. The molecule has 0 spiro atoms. The van der Waals surface area contributed by atoms with Crippen molar-refractivity contribution in [3.63, 3.8) is 0 Å². The molecule has 0 atom stereocenters. The first-order chi connectivity index (χ1) is 9.65. The van der Waals surface area contributed by atoms with E-state index in [9.17, 15) is 4.79 Å². The van der Waals surface area contributed by atoms with Crippen LogP contribution >= 0.6 is 15.9 Å². The second-order valence-electron chi connectivity index (χ2n) is 4.07. The normalized spacial score (nSPS) is 10.7. The van der Waals surface area contributed by atoms with Gasteiger partial charge >= 0.3 is 0 Å². The second-order valence-corrected chi connectivity index (χ2v) is 4.93.